The molecule has 1 aromatic rings. The van der Waals surface area contributed by atoms with Gasteiger partial charge in [-0.15, -0.1) is 0 Å². The van der Waals surface area contributed by atoms with Crippen LogP contribution in [0.2, 0.25) is 18.1 Å². The number of methoxy groups -OCH3 is 1. The molecule has 0 aliphatic carbocycles. The fourth-order valence-electron chi connectivity index (χ4n) is 4.50. The standard InChI is InChI=1S/C22H32O7Si/c1-6-30(7-2,8-3)29-18-12-15-17(26-5)11-14-16(13-27-21(14)25)20(15)28-22(18,4)10-9-19(23)24/h11,18H,6-10,12-13H2,1-5H3,(H,23,24)/t18-,22-/m0/s1. The van der Waals surface area contributed by atoms with Crippen molar-refractivity contribution in [3.8, 4) is 11.5 Å². The van der Waals surface area contributed by atoms with Crippen molar-refractivity contribution >= 4 is 20.3 Å². The van der Waals surface area contributed by atoms with Gasteiger partial charge >= 0.3 is 11.9 Å². The van der Waals surface area contributed by atoms with Gasteiger partial charge in [-0.25, -0.2) is 4.79 Å². The molecular formula is C22H32O7Si. The van der Waals surface area contributed by atoms with Gasteiger partial charge in [0.05, 0.1) is 18.8 Å². The van der Waals surface area contributed by atoms with Crippen LogP contribution < -0.4 is 9.47 Å². The summed E-state index contributed by atoms with van der Waals surface area (Å²) in [5.74, 6) is -0.105. The molecule has 2 aliphatic rings. The topological polar surface area (TPSA) is 91.3 Å². The first kappa shape index (κ1) is 22.6. The molecule has 2 atom stereocenters. The van der Waals surface area contributed by atoms with E-state index >= 15 is 0 Å². The van der Waals surface area contributed by atoms with Crippen molar-refractivity contribution < 1.29 is 33.3 Å². The normalized spacial score (nSPS) is 22.7. The Bertz CT molecular complexity index is 825. The highest BCUT2D eigenvalue weighted by Gasteiger charge is 2.48. The smallest absolute Gasteiger partial charge is 0.339 e. The number of hydrogen-bond donors (Lipinski definition) is 1. The number of hydrogen-bond acceptors (Lipinski definition) is 6. The average molecular weight is 437 g/mol. The van der Waals surface area contributed by atoms with Crippen molar-refractivity contribution in [3.05, 3.63) is 22.8 Å². The first-order valence-electron chi connectivity index (χ1n) is 10.7. The molecule has 0 bridgehead atoms. The maximum Gasteiger partial charge on any atom is 0.339 e. The van der Waals surface area contributed by atoms with Crippen LogP contribution in [0.1, 0.15) is 62.0 Å². The molecule has 0 aromatic heterocycles. The number of aliphatic carboxylic acids is 1. The third kappa shape index (κ3) is 3.95. The van der Waals surface area contributed by atoms with Crippen LogP contribution >= 0.6 is 0 Å². The summed E-state index contributed by atoms with van der Waals surface area (Å²) in [5, 5.41) is 9.31. The Labute approximate surface area is 178 Å². The van der Waals surface area contributed by atoms with Crippen molar-refractivity contribution in [3.63, 3.8) is 0 Å². The summed E-state index contributed by atoms with van der Waals surface area (Å²) in [7, 11) is -0.408. The first-order chi connectivity index (χ1) is 14.2. The van der Waals surface area contributed by atoms with Gasteiger partial charge < -0.3 is 23.7 Å². The monoisotopic (exact) mass is 436 g/mol. The molecule has 2 heterocycles. The van der Waals surface area contributed by atoms with Crippen LogP contribution in [0.15, 0.2) is 6.07 Å². The number of fused-ring (bicyclic) bond motifs is 3. The lowest BCUT2D eigenvalue weighted by Gasteiger charge is -2.46. The second-order valence-corrected chi connectivity index (χ2v) is 13.1. The maximum absolute atomic E-state index is 12.1. The van der Waals surface area contributed by atoms with E-state index in [-0.39, 0.29) is 19.1 Å². The van der Waals surface area contributed by atoms with E-state index in [0.29, 0.717) is 35.5 Å². The molecule has 3 rings (SSSR count). The molecule has 8 heteroatoms. The molecule has 0 fully saturated rings. The highest BCUT2D eigenvalue weighted by molar-refractivity contribution is 6.73. The molecule has 0 amide bonds. The van der Waals surface area contributed by atoms with Crippen LogP contribution in [0.3, 0.4) is 0 Å². The Morgan fingerprint density at radius 2 is 1.93 bits per heavy atom. The predicted molar refractivity (Wildman–Crippen MR) is 114 cm³/mol. The minimum Gasteiger partial charge on any atom is -0.496 e. The zero-order valence-electron chi connectivity index (χ0n) is 18.5. The fraction of sp³-hybridized carbons (Fsp3) is 0.636. The molecular weight excluding hydrogens is 404 g/mol. The van der Waals surface area contributed by atoms with Gasteiger partial charge in [-0.1, -0.05) is 20.8 Å². The fourth-order valence-corrected chi connectivity index (χ4v) is 7.43. The summed E-state index contributed by atoms with van der Waals surface area (Å²) < 4.78 is 24.2. The van der Waals surface area contributed by atoms with E-state index in [1.807, 2.05) is 6.92 Å². The van der Waals surface area contributed by atoms with Crippen molar-refractivity contribution in [1.82, 2.24) is 0 Å². The number of benzene rings is 1. The Kier molecular flexibility index (Phi) is 6.47. The number of carboxylic acid groups (broad SMARTS) is 1. The Hall–Kier alpha value is -2.06. The molecule has 0 saturated carbocycles. The summed E-state index contributed by atoms with van der Waals surface area (Å²) in [4.78, 5) is 23.5. The van der Waals surface area contributed by atoms with Crippen molar-refractivity contribution in [2.75, 3.05) is 7.11 Å². The van der Waals surface area contributed by atoms with Gasteiger partial charge in [-0.3, -0.25) is 4.79 Å². The van der Waals surface area contributed by atoms with Crippen LogP contribution in [-0.4, -0.2) is 44.2 Å². The third-order valence-electron chi connectivity index (χ3n) is 6.80. The Morgan fingerprint density at radius 3 is 2.50 bits per heavy atom. The van der Waals surface area contributed by atoms with E-state index in [1.54, 1.807) is 13.2 Å². The molecule has 0 saturated heterocycles. The largest absolute Gasteiger partial charge is 0.496 e. The average Bonchev–Trinajstić information content (AvgIpc) is 3.11. The molecule has 0 spiro atoms. The van der Waals surface area contributed by atoms with Crippen molar-refractivity contribution in [1.29, 1.82) is 0 Å². The predicted octanol–water partition coefficient (Wildman–Crippen LogP) is 4.31. The molecule has 7 nitrogen and oxygen atoms in total. The summed E-state index contributed by atoms with van der Waals surface area (Å²) in [5.41, 5.74) is 1.19. The van der Waals surface area contributed by atoms with E-state index in [4.69, 9.17) is 18.6 Å². The van der Waals surface area contributed by atoms with Gasteiger partial charge in [0.1, 0.15) is 23.7 Å². The number of carbonyl (C=O) groups excluding carboxylic acids is 1. The summed E-state index contributed by atoms with van der Waals surface area (Å²) >= 11 is 0. The molecule has 2 aliphatic heterocycles. The van der Waals surface area contributed by atoms with E-state index in [9.17, 15) is 14.7 Å². The van der Waals surface area contributed by atoms with Gasteiger partial charge in [0.25, 0.3) is 0 Å². The SMILES string of the molecule is CC[Si](CC)(CC)O[C@H]1Cc2c(OC)cc3c(c2O[C@@]1(C)CCC(=O)O)COC3=O. The Balaban J connectivity index is 2.08. The second kappa shape index (κ2) is 8.59. The first-order valence-corrected chi connectivity index (χ1v) is 13.2. The Morgan fingerprint density at radius 1 is 1.27 bits per heavy atom. The molecule has 166 valence electrons. The number of carbonyl (C=O) groups is 2. The lowest BCUT2D eigenvalue weighted by Crippen LogP contribution is -2.55. The highest BCUT2D eigenvalue weighted by atomic mass is 28.4. The van der Waals surface area contributed by atoms with Crippen molar-refractivity contribution in [2.24, 2.45) is 0 Å². The van der Waals surface area contributed by atoms with Crippen molar-refractivity contribution in [2.45, 2.75) is 83.4 Å². The van der Waals surface area contributed by atoms with Gasteiger partial charge in [0.2, 0.25) is 0 Å². The number of rotatable bonds is 9. The zero-order valence-corrected chi connectivity index (χ0v) is 19.5. The molecule has 0 unspecified atom stereocenters. The lowest BCUT2D eigenvalue weighted by molar-refractivity contribution is -0.139. The van der Waals surface area contributed by atoms with E-state index in [2.05, 4.69) is 20.8 Å². The molecule has 0 radical (unpaired) electrons. The number of carboxylic acids is 1. The number of esters is 1. The quantitative estimate of drug-likeness (QED) is 0.455. The number of cyclic esters (lactones) is 1. The molecule has 1 N–H and O–H groups in total. The van der Waals surface area contributed by atoms with E-state index in [1.165, 1.54) is 0 Å². The van der Waals surface area contributed by atoms with E-state index in [0.717, 1.165) is 23.7 Å². The summed E-state index contributed by atoms with van der Waals surface area (Å²) in [6.45, 7) is 8.58. The number of ether oxygens (including phenoxy) is 3. The van der Waals surface area contributed by atoms with Crippen LogP contribution in [0.5, 0.6) is 11.5 Å². The van der Waals surface area contributed by atoms with Crippen LogP contribution in [0.25, 0.3) is 0 Å². The van der Waals surface area contributed by atoms with Gasteiger partial charge in [0, 0.05) is 24.0 Å². The lowest BCUT2D eigenvalue weighted by atomic mass is 9.84. The minimum absolute atomic E-state index is 0.0216. The summed E-state index contributed by atoms with van der Waals surface area (Å²) in [6, 6.07) is 4.68. The second-order valence-electron chi connectivity index (χ2n) is 8.35. The summed E-state index contributed by atoms with van der Waals surface area (Å²) in [6.07, 6.45) is 0.548. The third-order valence-corrected chi connectivity index (χ3v) is 11.5. The molecule has 1 aromatic carbocycles. The van der Waals surface area contributed by atoms with Gasteiger partial charge in [-0.2, -0.15) is 0 Å². The van der Waals surface area contributed by atoms with Gasteiger partial charge in [-0.05, 0) is 37.5 Å². The van der Waals surface area contributed by atoms with Crippen LogP contribution in [0, 0.1) is 0 Å². The molecule has 30 heavy (non-hydrogen) atoms. The van der Waals surface area contributed by atoms with Gasteiger partial charge in [0.15, 0.2) is 8.32 Å². The van der Waals surface area contributed by atoms with E-state index < -0.39 is 25.9 Å². The maximum atomic E-state index is 12.1. The highest BCUT2D eigenvalue weighted by Crippen LogP contribution is 2.47. The minimum atomic E-state index is -1.98. The zero-order chi connectivity index (χ0) is 22.1. The van der Waals surface area contributed by atoms with Crippen LogP contribution in [-0.2, 0) is 27.0 Å². The van der Waals surface area contributed by atoms with Crippen LogP contribution in [0.4, 0.5) is 0 Å².